The van der Waals surface area contributed by atoms with Crippen LogP contribution in [0.25, 0.3) is 0 Å². The van der Waals surface area contributed by atoms with Gasteiger partial charge in [0.05, 0.1) is 10.5 Å². The Balaban J connectivity index is 1.80. The smallest absolute Gasteiger partial charge is 0.308 e. The van der Waals surface area contributed by atoms with Gasteiger partial charge in [0.2, 0.25) is 11.6 Å². The second-order valence-electron chi connectivity index (χ2n) is 5.61. The third-order valence-electron chi connectivity index (χ3n) is 4.10. The van der Waals surface area contributed by atoms with Gasteiger partial charge in [0.15, 0.2) is 5.82 Å². The largest absolute Gasteiger partial charge is 0.353 e. The Morgan fingerprint density at radius 1 is 1.08 bits per heavy atom. The van der Waals surface area contributed by atoms with E-state index in [2.05, 4.69) is 4.98 Å². The first-order chi connectivity index (χ1) is 12.4. The molecular weight excluding hydrogens is 353 g/mol. The predicted octanol–water partition coefficient (Wildman–Crippen LogP) is 2.37. The Kier molecular flexibility index (Phi) is 4.74. The summed E-state index contributed by atoms with van der Waals surface area (Å²) in [5.74, 6) is -5.90. The van der Waals surface area contributed by atoms with Crippen molar-refractivity contribution >= 4 is 17.4 Å². The maximum absolute atomic E-state index is 13.9. The predicted molar refractivity (Wildman–Crippen MR) is 85.3 cm³/mol. The van der Waals surface area contributed by atoms with Gasteiger partial charge in [-0.05, 0) is 12.1 Å². The van der Waals surface area contributed by atoms with Gasteiger partial charge in [0, 0.05) is 38.4 Å². The van der Waals surface area contributed by atoms with E-state index in [1.165, 1.54) is 4.90 Å². The number of piperazine rings is 1. The van der Waals surface area contributed by atoms with Gasteiger partial charge in [-0.2, -0.15) is 4.39 Å². The maximum Gasteiger partial charge on any atom is 0.308 e. The molecule has 0 spiro atoms. The summed E-state index contributed by atoms with van der Waals surface area (Å²) in [6, 6.07) is 5.81. The SMILES string of the molecule is O=C(c1cc([N+](=O)[O-])c(F)c(F)c1F)N1CCN(c2ccccn2)CC1. The van der Waals surface area contributed by atoms with E-state index in [-0.39, 0.29) is 13.1 Å². The lowest BCUT2D eigenvalue weighted by Crippen LogP contribution is -2.49. The van der Waals surface area contributed by atoms with E-state index in [1.807, 2.05) is 11.0 Å². The molecule has 0 unspecified atom stereocenters. The van der Waals surface area contributed by atoms with E-state index >= 15 is 0 Å². The van der Waals surface area contributed by atoms with Gasteiger partial charge in [0.1, 0.15) is 5.82 Å². The molecule has 0 N–H and O–H groups in total. The molecule has 26 heavy (non-hydrogen) atoms. The molecule has 0 bridgehead atoms. The van der Waals surface area contributed by atoms with Crippen molar-refractivity contribution in [2.45, 2.75) is 0 Å². The third-order valence-corrected chi connectivity index (χ3v) is 4.10. The first kappa shape index (κ1) is 17.6. The second-order valence-corrected chi connectivity index (χ2v) is 5.61. The summed E-state index contributed by atoms with van der Waals surface area (Å²) in [6.07, 6.45) is 1.63. The van der Waals surface area contributed by atoms with Crippen molar-refractivity contribution < 1.29 is 22.9 Å². The number of amides is 1. The monoisotopic (exact) mass is 366 g/mol. The van der Waals surface area contributed by atoms with Crippen molar-refractivity contribution in [3.63, 3.8) is 0 Å². The summed E-state index contributed by atoms with van der Waals surface area (Å²) in [7, 11) is 0. The van der Waals surface area contributed by atoms with Gasteiger partial charge in [-0.25, -0.2) is 13.8 Å². The number of benzene rings is 1. The summed E-state index contributed by atoms with van der Waals surface area (Å²) >= 11 is 0. The number of nitrogens with zero attached hydrogens (tertiary/aromatic N) is 4. The number of halogens is 3. The zero-order valence-electron chi connectivity index (χ0n) is 13.4. The Morgan fingerprint density at radius 3 is 2.35 bits per heavy atom. The molecule has 2 aromatic rings. The average molecular weight is 366 g/mol. The molecular formula is C16H13F3N4O3. The van der Waals surface area contributed by atoms with Crippen molar-refractivity contribution in [3.8, 4) is 0 Å². The Labute approximate surface area is 145 Å². The van der Waals surface area contributed by atoms with E-state index in [0.29, 0.717) is 25.0 Å². The van der Waals surface area contributed by atoms with Gasteiger partial charge in [-0.3, -0.25) is 14.9 Å². The first-order valence-corrected chi connectivity index (χ1v) is 7.67. The standard InChI is InChI=1S/C16H13F3N4O3/c17-13-10(9-11(23(25)26)14(18)15(13)19)16(24)22-7-5-21(6-8-22)12-3-1-2-4-20-12/h1-4,9H,5-8H2. The van der Waals surface area contributed by atoms with Crippen LogP contribution in [-0.4, -0.2) is 46.9 Å². The number of carbonyl (C=O) groups is 1. The summed E-state index contributed by atoms with van der Waals surface area (Å²) in [5.41, 5.74) is -2.14. The van der Waals surface area contributed by atoms with Crippen LogP contribution in [-0.2, 0) is 0 Å². The number of rotatable bonds is 3. The Morgan fingerprint density at radius 2 is 1.77 bits per heavy atom. The number of pyridine rings is 1. The van der Waals surface area contributed by atoms with Crippen LogP contribution in [0.4, 0.5) is 24.7 Å². The van der Waals surface area contributed by atoms with Crippen molar-refractivity contribution in [2.75, 3.05) is 31.1 Å². The van der Waals surface area contributed by atoms with E-state index in [4.69, 9.17) is 0 Å². The van der Waals surface area contributed by atoms with Gasteiger partial charge in [0.25, 0.3) is 5.91 Å². The average Bonchev–Trinajstić information content (AvgIpc) is 2.66. The van der Waals surface area contributed by atoms with Crippen LogP contribution in [0, 0.1) is 27.6 Å². The molecule has 1 aliphatic heterocycles. The van der Waals surface area contributed by atoms with E-state index in [9.17, 15) is 28.1 Å². The van der Waals surface area contributed by atoms with Crippen molar-refractivity contribution in [2.24, 2.45) is 0 Å². The molecule has 0 saturated carbocycles. The van der Waals surface area contributed by atoms with E-state index < -0.39 is 39.5 Å². The minimum Gasteiger partial charge on any atom is -0.353 e. The number of nitro groups is 1. The van der Waals surface area contributed by atoms with Gasteiger partial charge in [-0.15, -0.1) is 0 Å². The molecule has 2 heterocycles. The van der Waals surface area contributed by atoms with Gasteiger partial charge in [-0.1, -0.05) is 6.07 Å². The van der Waals surface area contributed by atoms with Crippen LogP contribution in [0.3, 0.4) is 0 Å². The van der Waals surface area contributed by atoms with Crippen molar-refractivity contribution in [1.29, 1.82) is 0 Å². The molecule has 1 aromatic heterocycles. The summed E-state index contributed by atoms with van der Waals surface area (Å²) in [5, 5.41) is 10.8. The fourth-order valence-electron chi connectivity index (χ4n) is 2.73. The molecule has 0 radical (unpaired) electrons. The molecule has 136 valence electrons. The van der Waals surface area contributed by atoms with Crippen LogP contribution < -0.4 is 4.90 Å². The molecule has 0 atom stereocenters. The summed E-state index contributed by atoms with van der Waals surface area (Å²) < 4.78 is 41.0. The molecule has 7 nitrogen and oxygen atoms in total. The fraction of sp³-hybridized carbons (Fsp3) is 0.250. The van der Waals surface area contributed by atoms with Gasteiger partial charge < -0.3 is 9.80 Å². The minimum atomic E-state index is -2.03. The normalized spacial score (nSPS) is 14.4. The van der Waals surface area contributed by atoms with Crippen LogP contribution in [0.2, 0.25) is 0 Å². The zero-order chi connectivity index (χ0) is 18.8. The highest BCUT2D eigenvalue weighted by atomic mass is 19.2. The number of hydrogen-bond acceptors (Lipinski definition) is 5. The number of nitro benzene ring substituents is 1. The maximum atomic E-state index is 13.9. The van der Waals surface area contributed by atoms with E-state index in [1.54, 1.807) is 18.3 Å². The molecule has 1 amide bonds. The topological polar surface area (TPSA) is 79.6 Å². The fourth-order valence-corrected chi connectivity index (χ4v) is 2.73. The number of carbonyl (C=O) groups excluding carboxylic acids is 1. The molecule has 1 fully saturated rings. The lowest BCUT2D eigenvalue weighted by Gasteiger charge is -2.35. The summed E-state index contributed by atoms with van der Waals surface area (Å²) in [6.45, 7) is 1.16. The Bertz CT molecular complexity index is 856. The van der Waals surface area contributed by atoms with Gasteiger partial charge >= 0.3 is 5.69 Å². The van der Waals surface area contributed by atoms with Crippen LogP contribution in [0.1, 0.15) is 10.4 Å². The van der Waals surface area contributed by atoms with Crippen LogP contribution in [0.5, 0.6) is 0 Å². The highest BCUT2D eigenvalue weighted by Gasteiger charge is 2.31. The molecule has 1 aromatic carbocycles. The third kappa shape index (κ3) is 3.17. The molecule has 10 heteroatoms. The quantitative estimate of drug-likeness (QED) is 0.473. The van der Waals surface area contributed by atoms with E-state index in [0.717, 1.165) is 0 Å². The molecule has 3 rings (SSSR count). The number of aromatic nitrogens is 1. The lowest BCUT2D eigenvalue weighted by atomic mass is 10.1. The number of hydrogen-bond donors (Lipinski definition) is 0. The number of anilines is 1. The van der Waals surface area contributed by atoms with Crippen LogP contribution in [0.15, 0.2) is 30.5 Å². The highest BCUT2D eigenvalue weighted by molar-refractivity contribution is 5.95. The molecule has 1 aliphatic rings. The second kappa shape index (κ2) is 6.98. The van der Waals surface area contributed by atoms with Crippen molar-refractivity contribution in [3.05, 3.63) is 63.6 Å². The Hall–Kier alpha value is -3.17. The lowest BCUT2D eigenvalue weighted by molar-refractivity contribution is -0.387. The minimum absolute atomic E-state index is 0.182. The zero-order valence-corrected chi connectivity index (χ0v) is 13.4. The highest BCUT2D eigenvalue weighted by Crippen LogP contribution is 2.26. The summed E-state index contributed by atoms with van der Waals surface area (Å²) in [4.78, 5) is 29.4. The first-order valence-electron chi connectivity index (χ1n) is 7.67. The van der Waals surface area contributed by atoms with Crippen molar-refractivity contribution in [1.82, 2.24) is 9.88 Å². The molecule has 0 aliphatic carbocycles. The van der Waals surface area contributed by atoms with Crippen LogP contribution >= 0.6 is 0 Å². The molecule has 1 saturated heterocycles.